The van der Waals surface area contributed by atoms with Crippen LogP contribution in [0.5, 0.6) is 0 Å². The average Bonchev–Trinajstić information content (AvgIpc) is 2.35. The van der Waals surface area contributed by atoms with Crippen LogP contribution in [0.25, 0.3) is 0 Å². The van der Waals surface area contributed by atoms with Gasteiger partial charge in [0.2, 0.25) is 0 Å². The van der Waals surface area contributed by atoms with Crippen LogP contribution in [0.4, 0.5) is 0 Å². The van der Waals surface area contributed by atoms with Crippen molar-refractivity contribution in [1.82, 2.24) is 0 Å². The maximum atomic E-state index is 11.0. The quantitative estimate of drug-likeness (QED) is 0.577. The molecular weight excluding hydrogens is 164 g/mol. The molecule has 72 valence electrons. The molecule has 13 heavy (non-hydrogen) atoms. The van der Waals surface area contributed by atoms with Crippen molar-refractivity contribution in [3.05, 3.63) is 0 Å². The molecule has 3 fully saturated rings. The molecule has 0 radical (unpaired) electrons. The summed E-state index contributed by atoms with van der Waals surface area (Å²) in [5, 5.41) is 0. The summed E-state index contributed by atoms with van der Waals surface area (Å²) in [6.45, 7) is 3.69. The number of esters is 1. The number of hydrogen-bond donors (Lipinski definition) is 0. The van der Waals surface area contributed by atoms with Crippen LogP contribution in [0.15, 0.2) is 0 Å². The summed E-state index contributed by atoms with van der Waals surface area (Å²) in [5.41, 5.74) is -0.0920. The minimum Gasteiger partial charge on any atom is -0.459 e. The summed E-state index contributed by atoms with van der Waals surface area (Å²) in [6, 6.07) is 0. The van der Waals surface area contributed by atoms with Crippen LogP contribution in [0.3, 0.4) is 0 Å². The molecule has 3 aliphatic rings. The van der Waals surface area contributed by atoms with Gasteiger partial charge in [-0.2, -0.15) is 0 Å². The van der Waals surface area contributed by atoms with Crippen molar-refractivity contribution in [3.63, 3.8) is 0 Å². The minimum absolute atomic E-state index is 0.0920. The van der Waals surface area contributed by atoms with Gasteiger partial charge in [0.05, 0.1) is 0 Å². The number of rotatable bonds is 1. The molecule has 2 heteroatoms. The van der Waals surface area contributed by atoms with Gasteiger partial charge < -0.3 is 4.74 Å². The third-order valence-electron chi connectivity index (χ3n) is 4.73. The molecule has 0 N–H and O–H groups in total. The normalized spacial score (nSPS) is 56.2. The van der Waals surface area contributed by atoms with Crippen LogP contribution in [-0.4, -0.2) is 11.6 Å². The second-order valence-corrected chi connectivity index (χ2v) is 5.21. The van der Waals surface area contributed by atoms with Gasteiger partial charge in [0.25, 0.3) is 0 Å². The van der Waals surface area contributed by atoms with E-state index in [0.717, 1.165) is 11.8 Å². The number of fused-ring (bicyclic) bond motifs is 1. The van der Waals surface area contributed by atoms with Crippen molar-refractivity contribution in [3.8, 4) is 0 Å². The summed E-state index contributed by atoms with van der Waals surface area (Å²) in [4.78, 5) is 11.0. The second kappa shape index (κ2) is 2.10. The van der Waals surface area contributed by atoms with Crippen molar-refractivity contribution < 1.29 is 9.53 Å². The summed E-state index contributed by atoms with van der Waals surface area (Å²) < 4.78 is 5.54. The lowest BCUT2D eigenvalue weighted by Gasteiger charge is -2.51. The molecule has 0 aromatic heterocycles. The van der Waals surface area contributed by atoms with E-state index < -0.39 is 0 Å². The van der Waals surface area contributed by atoms with E-state index >= 15 is 0 Å². The molecule has 3 rings (SSSR count). The maximum Gasteiger partial charge on any atom is 0.303 e. The maximum absolute atomic E-state index is 11.0. The van der Waals surface area contributed by atoms with Crippen LogP contribution in [0.1, 0.15) is 33.1 Å². The van der Waals surface area contributed by atoms with Crippen LogP contribution >= 0.6 is 0 Å². The van der Waals surface area contributed by atoms with Gasteiger partial charge in [0, 0.05) is 12.8 Å². The Morgan fingerprint density at radius 3 is 2.62 bits per heavy atom. The molecule has 5 atom stereocenters. The first-order valence-electron chi connectivity index (χ1n) is 5.31. The molecule has 2 bridgehead atoms. The van der Waals surface area contributed by atoms with Gasteiger partial charge >= 0.3 is 5.97 Å². The molecule has 3 aliphatic carbocycles. The predicted molar refractivity (Wildman–Crippen MR) is 48.0 cm³/mol. The molecule has 2 nitrogen and oxygen atoms in total. The van der Waals surface area contributed by atoms with Crippen molar-refractivity contribution in [2.24, 2.45) is 23.7 Å². The Hall–Kier alpha value is -0.530. The Morgan fingerprint density at radius 1 is 1.38 bits per heavy atom. The van der Waals surface area contributed by atoms with Crippen LogP contribution in [0, 0.1) is 23.7 Å². The molecule has 0 amide bonds. The Labute approximate surface area is 78.6 Å². The zero-order valence-corrected chi connectivity index (χ0v) is 8.25. The fraction of sp³-hybridized carbons (Fsp3) is 0.909. The van der Waals surface area contributed by atoms with Crippen molar-refractivity contribution in [2.75, 3.05) is 0 Å². The molecule has 0 saturated heterocycles. The minimum atomic E-state index is -0.0986. The van der Waals surface area contributed by atoms with Gasteiger partial charge in [0.1, 0.15) is 5.60 Å². The van der Waals surface area contributed by atoms with Gasteiger partial charge in [0.15, 0.2) is 0 Å². The highest BCUT2D eigenvalue weighted by Gasteiger charge is 2.67. The SMILES string of the molecule is CC(=O)OC1(C)C2CC3CC1C3C2. The Kier molecular flexibility index (Phi) is 1.27. The fourth-order valence-electron chi connectivity index (χ4n) is 4.12. The van der Waals surface area contributed by atoms with Gasteiger partial charge in [-0.1, -0.05) is 0 Å². The molecule has 5 unspecified atom stereocenters. The van der Waals surface area contributed by atoms with E-state index in [4.69, 9.17) is 4.74 Å². The molecule has 0 heterocycles. The van der Waals surface area contributed by atoms with Gasteiger partial charge in [-0.15, -0.1) is 0 Å². The number of hydrogen-bond acceptors (Lipinski definition) is 2. The largest absolute Gasteiger partial charge is 0.459 e. The third kappa shape index (κ3) is 0.773. The highest BCUT2D eigenvalue weighted by atomic mass is 16.6. The average molecular weight is 180 g/mol. The fourth-order valence-corrected chi connectivity index (χ4v) is 4.12. The Balaban J connectivity index is 1.87. The molecule has 0 aromatic carbocycles. The first kappa shape index (κ1) is 7.84. The third-order valence-corrected chi connectivity index (χ3v) is 4.73. The van der Waals surface area contributed by atoms with E-state index in [1.807, 2.05) is 0 Å². The van der Waals surface area contributed by atoms with E-state index in [-0.39, 0.29) is 11.6 Å². The van der Waals surface area contributed by atoms with E-state index in [2.05, 4.69) is 6.92 Å². The van der Waals surface area contributed by atoms with E-state index in [0.29, 0.717) is 11.8 Å². The van der Waals surface area contributed by atoms with Gasteiger partial charge in [-0.05, 0) is 43.9 Å². The van der Waals surface area contributed by atoms with Crippen LogP contribution in [-0.2, 0) is 9.53 Å². The van der Waals surface area contributed by atoms with E-state index in [1.54, 1.807) is 0 Å². The van der Waals surface area contributed by atoms with Crippen molar-refractivity contribution in [1.29, 1.82) is 0 Å². The lowest BCUT2D eigenvalue weighted by Crippen LogP contribution is -2.53. The summed E-state index contributed by atoms with van der Waals surface area (Å²) in [6.07, 6.45) is 3.94. The monoisotopic (exact) mass is 180 g/mol. The molecular formula is C11H16O2. The summed E-state index contributed by atoms with van der Waals surface area (Å²) in [5.74, 6) is 3.15. The number of ether oxygens (including phenoxy) is 1. The second-order valence-electron chi connectivity index (χ2n) is 5.21. The highest BCUT2D eigenvalue weighted by molar-refractivity contribution is 5.66. The molecule has 3 saturated carbocycles. The van der Waals surface area contributed by atoms with E-state index in [1.165, 1.54) is 26.2 Å². The predicted octanol–water partition coefficient (Wildman–Crippen LogP) is 1.98. The zero-order chi connectivity index (χ0) is 9.22. The van der Waals surface area contributed by atoms with Crippen molar-refractivity contribution >= 4 is 5.97 Å². The zero-order valence-electron chi connectivity index (χ0n) is 8.25. The number of carbonyl (C=O) groups is 1. The Bertz CT molecular complexity index is 267. The highest BCUT2D eigenvalue weighted by Crippen LogP contribution is 2.68. The van der Waals surface area contributed by atoms with Crippen LogP contribution < -0.4 is 0 Å². The first-order chi connectivity index (χ1) is 6.11. The Morgan fingerprint density at radius 2 is 2.15 bits per heavy atom. The van der Waals surface area contributed by atoms with Gasteiger partial charge in [-0.25, -0.2) is 0 Å². The van der Waals surface area contributed by atoms with E-state index in [9.17, 15) is 4.79 Å². The topological polar surface area (TPSA) is 26.3 Å². The van der Waals surface area contributed by atoms with Crippen molar-refractivity contribution in [2.45, 2.75) is 38.7 Å². The molecule has 0 aliphatic heterocycles. The smallest absolute Gasteiger partial charge is 0.303 e. The molecule has 0 spiro atoms. The number of carbonyl (C=O) groups excluding carboxylic acids is 1. The lowest BCUT2D eigenvalue weighted by molar-refractivity contribution is -0.182. The first-order valence-corrected chi connectivity index (χ1v) is 5.31. The molecule has 0 aromatic rings. The summed E-state index contributed by atoms with van der Waals surface area (Å²) in [7, 11) is 0. The summed E-state index contributed by atoms with van der Waals surface area (Å²) >= 11 is 0. The van der Waals surface area contributed by atoms with Gasteiger partial charge in [-0.3, -0.25) is 4.79 Å². The standard InChI is InChI=1S/C11H16O2/c1-6(12)13-11(2)8-3-7-4-10(11)9(7)5-8/h7-10H,3-5H2,1-2H3. The van der Waals surface area contributed by atoms with Crippen LogP contribution in [0.2, 0.25) is 0 Å². The lowest BCUT2D eigenvalue weighted by atomic mass is 9.58.